The molecule has 0 bridgehead atoms. The van der Waals surface area contributed by atoms with Gasteiger partial charge in [-0.25, -0.2) is 0 Å². The van der Waals surface area contributed by atoms with Crippen LogP contribution in [0.1, 0.15) is 60.5 Å². The Hall–Kier alpha value is -1.68. The highest BCUT2D eigenvalue weighted by Gasteiger charge is 2.29. The number of hydrogen-bond acceptors (Lipinski definition) is 3. The van der Waals surface area contributed by atoms with Crippen LogP contribution in [0.5, 0.6) is 0 Å². The standard InChI is InChI=1S/C24H26OS2/c1-14-9-21(16(3)26-14)23-11-20(19-7-5-18(13-25)6-8-19)12-24(23)22-10-15(2)27-17(22)4/h5-10,20,25H,11-13H2,1-4H3. The molecule has 2 heterocycles. The monoisotopic (exact) mass is 394 g/mol. The molecule has 0 unspecified atom stereocenters. The van der Waals surface area contributed by atoms with Crippen LogP contribution in [-0.2, 0) is 6.61 Å². The van der Waals surface area contributed by atoms with Gasteiger partial charge in [0.25, 0.3) is 0 Å². The van der Waals surface area contributed by atoms with Crippen LogP contribution >= 0.6 is 22.7 Å². The molecule has 3 heteroatoms. The molecule has 0 atom stereocenters. The average Bonchev–Trinajstić information content (AvgIpc) is 3.31. The van der Waals surface area contributed by atoms with Crippen molar-refractivity contribution in [3.8, 4) is 0 Å². The highest BCUT2D eigenvalue weighted by molar-refractivity contribution is 7.12. The van der Waals surface area contributed by atoms with E-state index in [9.17, 15) is 5.11 Å². The summed E-state index contributed by atoms with van der Waals surface area (Å²) in [5.41, 5.74) is 8.34. The molecule has 0 saturated heterocycles. The fourth-order valence-corrected chi connectivity index (χ4v) is 6.25. The third-order valence-corrected chi connectivity index (χ3v) is 7.56. The van der Waals surface area contributed by atoms with Gasteiger partial charge in [0.05, 0.1) is 6.61 Å². The molecular formula is C24H26OS2. The lowest BCUT2D eigenvalue weighted by Gasteiger charge is -2.11. The van der Waals surface area contributed by atoms with E-state index in [0.717, 1.165) is 18.4 Å². The maximum atomic E-state index is 9.34. The molecule has 0 spiro atoms. The van der Waals surface area contributed by atoms with Gasteiger partial charge >= 0.3 is 0 Å². The van der Waals surface area contributed by atoms with E-state index in [4.69, 9.17) is 0 Å². The van der Waals surface area contributed by atoms with E-state index >= 15 is 0 Å². The van der Waals surface area contributed by atoms with Gasteiger partial charge in [0.15, 0.2) is 0 Å². The van der Waals surface area contributed by atoms with Crippen molar-refractivity contribution in [2.45, 2.75) is 53.1 Å². The summed E-state index contributed by atoms with van der Waals surface area (Å²) in [5.74, 6) is 0.516. The third kappa shape index (κ3) is 3.56. The molecule has 140 valence electrons. The molecule has 1 aliphatic carbocycles. The molecule has 4 rings (SSSR count). The second-order valence-electron chi connectivity index (χ2n) is 7.62. The zero-order chi connectivity index (χ0) is 19.1. The molecule has 1 N–H and O–H groups in total. The maximum absolute atomic E-state index is 9.34. The summed E-state index contributed by atoms with van der Waals surface area (Å²) < 4.78 is 0. The van der Waals surface area contributed by atoms with Gasteiger partial charge in [-0.05, 0) is 92.0 Å². The van der Waals surface area contributed by atoms with Crippen molar-refractivity contribution in [1.82, 2.24) is 0 Å². The summed E-state index contributed by atoms with van der Waals surface area (Å²) in [6.07, 6.45) is 2.19. The summed E-state index contributed by atoms with van der Waals surface area (Å²) in [4.78, 5) is 5.65. The normalized spacial score (nSPS) is 15.1. The number of allylic oxidation sites excluding steroid dienone is 2. The molecule has 1 aliphatic rings. The first kappa shape index (κ1) is 18.7. The first-order chi connectivity index (χ1) is 13.0. The van der Waals surface area contributed by atoms with Crippen LogP contribution in [0.2, 0.25) is 0 Å². The Morgan fingerprint density at radius 3 is 1.67 bits per heavy atom. The lowest BCUT2D eigenvalue weighted by atomic mass is 9.93. The summed E-state index contributed by atoms with van der Waals surface area (Å²) in [6.45, 7) is 9.04. The van der Waals surface area contributed by atoms with Crippen LogP contribution in [0, 0.1) is 27.7 Å². The Morgan fingerprint density at radius 2 is 1.30 bits per heavy atom. The highest BCUT2D eigenvalue weighted by atomic mass is 32.1. The molecule has 3 aromatic rings. The fraction of sp³-hybridized carbons (Fsp3) is 0.333. The Kier molecular flexibility index (Phi) is 5.11. The van der Waals surface area contributed by atoms with Crippen molar-refractivity contribution < 1.29 is 5.11 Å². The lowest BCUT2D eigenvalue weighted by molar-refractivity contribution is 0.282. The molecule has 2 aromatic heterocycles. The number of aryl methyl sites for hydroxylation is 4. The third-order valence-electron chi connectivity index (χ3n) is 5.63. The Morgan fingerprint density at radius 1 is 0.815 bits per heavy atom. The van der Waals surface area contributed by atoms with E-state index in [1.165, 1.54) is 47.3 Å². The van der Waals surface area contributed by atoms with Gasteiger partial charge in [0.1, 0.15) is 0 Å². The smallest absolute Gasteiger partial charge is 0.0681 e. The molecule has 0 radical (unpaired) electrons. The quantitative estimate of drug-likeness (QED) is 0.504. The van der Waals surface area contributed by atoms with Crippen LogP contribution in [0.15, 0.2) is 36.4 Å². The van der Waals surface area contributed by atoms with E-state index in [1.807, 2.05) is 22.7 Å². The van der Waals surface area contributed by atoms with E-state index in [2.05, 4.69) is 64.1 Å². The first-order valence-corrected chi connectivity index (χ1v) is 11.2. The topological polar surface area (TPSA) is 20.2 Å². The second-order valence-corrected chi connectivity index (χ2v) is 10.5. The van der Waals surface area contributed by atoms with Crippen molar-refractivity contribution in [2.75, 3.05) is 0 Å². The molecule has 0 fully saturated rings. The van der Waals surface area contributed by atoms with Crippen molar-refractivity contribution >= 4 is 33.8 Å². The Balaban J connectivity index is 1.77. The van der Waals surface area contributed by atoms with Crippen molar-refractivity contribution in [3.63, 3.8) is 0 Å². The van der Waals surface area contributed by atoms with Gasteiger partial charge in [0, 0.05) is 19.5 Å². The Bertz CT molecular complexity index is 943. The summed E-state index contributed by atoms with van der Waals surface area (Å²) in [5, 5.41) is 9.34. The SMILES string of the molecule is Cc1cc(C2=C(c3cc(C)sc3C)CC(c3ccc(CO)cc3)C2)c(C)s1. The number of thiophene rings is 2. The number of rotatable bonds is 4. The number of hydrogen-bond donors (Lipinski definition) is 1. The average molecular weight is 395 g/mol. The Labute approximate surface area is 170 Å². The van der Waals surface area contributed by atoms with Crippen LogP contribution in [0.4, 0.5) is 0 Å². The highest BCUT2D eigenvalue weighted by Crippen LogP contribution is 2.50. The second kappa shape index (κ2) is 7.38. The largest absolute Gasteiger partial charge is 0.392 e. The predicted octanol–water partition coefficient (Wildman–Crippen LogP) is 7.02. The molecule has 0 aliphatic heterocycles. The van der Waals surface area contributed by atoms with Crippen LogP contribution in [0.25, 0.3) is 11.1 Å². The summed E-state index contributed by atoms with van der Waals surface area (Å²) in [7, 11) is 0. The maximum Gasteiger partial charge on any atom is 0.0681 e. The molecule has 0 amide bonds. The summed E-state index contributed by atoms with van der Waals surface area (Å²) >= 11 is 3.81. The minimum atomic E-state index is 0.112. The van der Waals surface area contributed by atoms with Gasteiger partial charge in [-0.2, -0.15) is 0 Å². The van der Waals surface area contributed by atoms with Gasteiger partial charge < -0.3 is 5.11 Å². The van der Waals surface area contributed by atoms with Crippen molar-refractivity contribution in [3.05, 3.63) is 78.2 Å². The van der Waals surface area contributed by atoms with Crippen LogP contribution in [-0.4, -0.2) is 5.11 Å². The van der Waals surface area contributed by atoms with Crippen molar-refractivity contribution in [2.24, 2.45) is 0 Å². The molecular weight excluding hydrogens is 368 g/mol. The first-order valence-electron chi connectivity index (χ1n) is 9.52. The minimum absolute atomic E-state index is 0.112. The van der Waals surface area contributed by atoms with E-state index in [0.29, 0.717) is 5.92 Å². The van der Waals surface area contributed by atoms with Gasteiger partial charge in [-0.1, -0.05) is 24.3 Å². The number of aliphatic hydroxyl groups excluding tert-OH is 1. The van der Waals surface area contributed by atoms with Crippen LogP contribution < -0.4 is 0 Å². The number of aliphatic hydroxyl groups is 1. The van der Waals surface area contributed by atoms with Crippen molar-refractivity contribution in [1.29, 1.82) is 0 Å². The zero-order valence-electron chi connectivity index (χ0n) is 16.4. The minimum Gasteiger partial charge on any atom is -0.392 e. The molecule has 1 aromatic carbocycles. The molecule has 1 nitrogen and oxygen atoms in total. The van der Waals surface area contributed by atoms with E-state index < -0.39 is 0 Å². The fourth-order valence-electron chi connectivity index (χ4n) is 4.35. The predicted molar refractivity (Wildman–Crippen MR) is 119 cm³/mol. The molecule has 27 heavy (non-hydrogen) atoms. The van der Waals surface area contributed by atoms with Gasteiger partial charge in [-0.15, -0.1) is 22.7 Å². The van der Waals surface area contributed by atoms with Gasteiger partial charge in [-0.3, -0.25) is 0 Å². The summed E-state index contributed by atoms with van der Waals surface area (Å²) in [6, 6.07) is 13.3. The number of benzene rings is 1. The van der Waals surface area contributed by atoms with E-state index in [1.54, 1.807) is 0 Å². The molecule has 0 saturated carbocycles. The van der Waals surface area contributed by atoms with Crippen LogP contribution in [0.3, 0.4) is 0 Å². The van der Waals surface area contributed by atoms with E-state index in [-0.39, 0.29) is 6.61 Å². The van der Waals surface area contributed by atoms with Gasteiger partial charge in [0.2, 0.25) is 0 Å². The zero-order valence-corrected chi connectivity index (χ0v) is 18.1. The lowest BCUT2D eigenvalue weighted by Crippen LogP contribution is -1.95.